The maximum Gasteiger partial charge on any atom is 0.339 e. The first-order valence-electron chi connectivity index (χ1n) is 5.95. The summed E-state index contributed by atoms with van der Waals surface area (Å²) in [6, 6.07) is 10.6. The van der Waals surface area contributed by atoms with E-state index in [9.17, 15) is 17.6 Å². The Morgan fingerprint density at radius 3 is 2.29 bits per heavy atom. The first-order valence-corrected chi connectivity index (χ1v) is 7.36. The van der Waals surface area contributed by atoms with Crippen molar-refractivity contribution in [2.24, 2.45) is 0 Å². The quantitative estimate of drug-likeness (QED) is 0.881. The van der Waals surface area contributed by atoms with E-state index in [1.54, 1.807) is 0 Å². The number of halogens is 1. The van der Waals surface area contributed by atoms with Crippen LogP contribution in [0.5, 0.6) is 5.75 Å². The fourth-order valence-electron chi connectivity index (χ4n) is 1.59. The molecular formula is C14H12FNO4S. The molecule has 0 bridgehead atoms. The average molecular weight is 309 g/mol. The minimum atomic E-state index is -4.13. The molecule has 0 atom stereocenters. The van der Waals surface area contributed by atoms with E-state index < -0.39 is 15.9 Å². The third-order valence-electron chi connectivity index (χ3n) is 2.50. The number of anilines is 1. The molecule has 0 saturated carbocycles. The van der Waals surface area contributed by atoms with Gasteiger partial charge in [0.1, 0.15) is 4.90 Å². The summed E-state index contributed by atoms with van der Waals surface area (Å²) in [5.74, 6) is -1.41. The lowest BCUT2D eigenvalue weighted by atomic mass is 10.3. The lowest BCUT2D eigenvalue weighted by Crippen LogP contribution is -2.11. The smallest absolute Gasteiger partial charge is 0.339 e. The molecule has 2 aromatic rings. The highest BCUT2D eigenvalue weighted by Gasteiger charge is 2.18. The fourth-order valence-corrected chi connectivity index (χ4v) is 2.52. The number of amides is 1. The zero-order valence-corrected chi connectivity index (χ0v) is 11.9. The lowest BCUT2D eigenvalue weighted by Gasteiger charge is -2.08. The third-order valence-corrected chi connectivity index (χ3v) is 3.75. The first-order chi connectivity index (χ1) is 9.88. The summed E-state index contributed by atoms with van der Waals surface area (Å²) >= 11 is 0. The van der Waals surface area contributed by atoms with E-state index in [1.807, 2.05) is 0 Å². The van der Waals surface area contributed by atoms with Crippen LogP contribution in [0.1, 0.15) is 6.92 Å². The molecule has 0 aliphatic carbocycles. The Morgan fingerprint density at radius 2 is 1.71 bits per heavy atom. The number of carbonyl (C=O) groups is 1. The van der Waals surface area contributed by atoms with Crippen LogP contribution in [0.15, 0.2) is 53.4 Å². The van der Waals surface area contributed by atoms with Crippen LogP contribution in [0.25, 0.3) is 0 Å². The van der Waals surface area contributed by atoms with Gasteiger partial charge < -0.3 is 9.50 Å². The van der Waals surface area contributed by atoms with E-state index >= 15 is 0 Å². The Hall–Kier alpha value is -2.41. The Morgan fingerprint density at radius 1 is 1.10 bits per heavy atom. The maximum absolute atomic E-state index is 13.4. The Labute approximate surface area is 121 Å². The molecule has 0 spiro atoms. The van der Waals surface area contributed by atoms with Gasteiger partial charge in [-0.25, -0.2) is 4.39 Å². The SMILES string of the molecule is CC(=O)Nc1ccc(S(=O)(=O)Oc2ccccc2F)cc1. The molecule has 0 aliphatic heterocycles. The number of hydrogen-bond donors (Lipinski definition) is 1. The largest absolute Gasteiger partial charge is 0.376 e. The molecule has 5 nitrogen and oxygen atoms in total. The van der Waals surface area contributed by atoms with Gasteiger partial charge in [0.05, 0.1) is 0 Å². The predicted octanol–water partition coefficient (Wildman–Crippen LogP) is 2.55. The van der Waals surface area contributed by atoms with Crippen molar-refractivity contribution in [3.63, 3.8) is 0 Å². The molecular weight excluding hydrogens is 297 g/mol. The monoisotopic (exact) mass is 309 g/mol. The molecule has 2 rings (SSSR count). The third kappa shape index (κ3) is 3.79. The van der Waals surface area contributed by atoms with Gasteiger partial charge in [-0.2, -0.15) is 8.42 Å². The molecule has 7 heteroatoms. The molecule has 0 fully saturated rings. The number of nitrogens with one attached hydrogen (secondary N) is 1. The molecule has 0 aromatic heterocycles. The topological polar surface area (TPSA) is 72.5 Å². The second kappa shape index (κ2) is 5.92. The molecule has 0 heterocycles. The van der Waals surface area contributed by atoms with Crippen LogP contribution in [0.4, 0.5) is 10.1 Å². The van der Waals surface area contributed by atoms with E-state index in [2.05, 4.69) is 5.32 Å². The van der Waals surface area contributed by atoms with Crippen LogP contribution in [0, 0.1) is 5.82 Å². The average Bonchev–Trinajstić information content (AvgIpc) is 2.41. The van der Waals surface area contributed by atoms with Crippen molar-refractivity contribution in [1.29, 1.82) is 0 Å². The van der Waals surface area contributed by atoms with Crippen molar-refractivity contribution in [3.8, 4) is 5.75 Å². The minimum absolute atomic E-state index is 0.139. The highest BCUT2D eigenvalue weighted by Crippen LogP contribution is 2.22. The molecule has 21 heavy (non-hydrogen) atoms. The van der Waals surface area contributed by atoms with Crippen LogP contribution in [-0.2, 0) is 14.9 Å². The number of para-hydroxylation sites is 1. The van der Waals surface area contributed by atoms with Crippen LogP contribution in [0.2, 0.25) is 0 Å². The van der Waals surface area contributed by atoms with Crippen molar-refractivity contribution < 1.29 is 21.8 Å². The summed E-state index contributed by atoms with van der Waals surface area (Å²) in [5.41, 5.74) is 0.451. The van der Waals surface area contributed by atoms with Gasteiger partial charge in [-0.15, -0.1) is 0 Å². The summed E-state index contributed by atoms with van der Waals surface area (Å²) in [7, 11) is -4.13. The summed E-state index contributed by atoms with van der Waals surface area (Å²) in [6.45, 7) is 1.34. The number of rotatable bonds is 4. The minimum Gasteiger partial charge on any atom is -0.376 e. The number of carbonyl (C=O) groups excluding carboxylic acids is 1. The van der Waals surface area contributed by atoms with Crippen LogP contribution >= 0.6 is 0 Å². The first kappa shape index (κ1) is 15.0. The summed E-state index contributed by atoms with van der Waals surface area (Å²) in [6.07, 6.45) is 0. The molecule has 0 radical (unpaired) electrons. The van der Waals surface area contributed by atoms with E-state index in [-0.39, 0.29) is 16.6 Å². The van der Waals surface area contributed by atoms with Gasteiger partial charge in [0, 0.05) is 12.6 Å². The Bertz CT molecular complexity index is 757. The van der Waals surface area contributed by atoms with Gasteiger partial charge in [-0.05, 0) is 36.4 Å². The Kier molecular flexibility index (Phi) is 4.23. The van der Waals surface area contributed by atoms with Gasteiger partial charge >= 0.3 is 10.1 Å². The van der Waals surface area contributed by atoms with Crippen LogP contribution in [0.3, 0.4) is 0 Å². The second-order valence-corrected chi connectivity index (χ2v) is 5.72. The Balaban J connectivity index is 2.24. The molecule has 1 amide bonds. The van der Waals surface area contributed by atoms with Crippen molar-refractivity contribution in [2.75, 3.05) is 5.32 Å². The second-order valence-electron chi connectivity index (χ2n) is 4.17. The van der Waals surface area contributed by atoms with Gasteiger partial charge in [-0.1, -0.05) is 12.1 Å². The summed E-state index contributed by atoms with van der Waals surface area (Å²) in [5, 5.41) is 2.51. The molecule has 1 N–H and O–H groups in total. The molecule has 110 valence electrons. The van der Waals surface area contributed by atoms with Gasteiger partial charge in [-0.3, -0.25) is 4.79 Å². The highest BCUT2D eigenvalue weighted by atomic mass is 32.2. The normalized spacial score (nSPS) is 11.0. The zero-order valence-electron chi connectivity index (χ0n) is 11.0. The van der Waals surface area contributed by atoms with Crippen molar-refractivity contribution in [3.05, 3.63) is 54.3 Å². The lowest BCUT2D eigenvalue weighted by molar-refractivity contribution is -0.114. The predicted molar refractivity (Wildman–Crippen MR) is 75.0 cm³/mol. The summed E-state index contributed by atoms with van der Waals surface area (Å²) in [4.78, 5) is 10.7. The van der Waals surface area contributed by atoms with Gasteiger partial charge in [0.15, 0.2) is 11.6 Å². The highest BCUT2D eigenvalue weighted by molar-refractivity contribution is 7.87. The van der Waals surface area contributed by atoms with Crippen molar-refractivity contribution in [2.45, 2.75) is 11.8 Å². The zero-order chi connectivity index (χ0) is 15.5. The van der Waals surface area contributed by atoms with Gasteiger partial charge in [0.25, 0.3) is 0 Å². The van der Waals surface area contributed by atoms with Crippen molar-refractivity contribution in [1.82, 2.24) is 0 Å². The van der Waals surface area contributed by atoms with E-state index in [4.69, 9.17) is 4.18 Å². The molecule has 2 aromatic carbocycles. The molecule has 0 unspecified atom stereocenters. The number of benzene rings is 2. The van der Waals surface area contributed by atoms with E-state index in [0.717, 1.165) is 6.07 Å². The van der Waals surface area contributed by atoms with Crippen molar-refractivity contribution >= 4 is 21.7 Å². The fraction of sp³-hybridized carbons (Fsp3) is 0.0714. The van der Waals surface area contributed by atoms with Crippen LogP contribution in [-0.4, -0.2) is 14.3 Å². The maximum atomic E-state index is 13.4. The summed E-state index contributed by atoms with van der Waals surface area (Å²) < 4.78 is 42.2. The number of hydrogen-bond acceptors (Lipinski definition) is 4. The van der Waals surface area contributed by atoms with E-state index in [0.29, 0.717) is 5.69 Å². The van der Waals surface area contributed by atoms with Crippen LogP contribution < -0.4 is 9.50 Å². The standard InChI is InChI=1S/C14H12FNO4S/c1-10(17)16-11-6-8-12(9-7-11)21(18,19)20-14-5-3-2-4-13(14)15/h2-9H,1H3,(H,16,17). The van der Waals surface area contributed by atoms with Gasteiger partial charge in [0.2, 0.25) is 5.91 Å². The van der Waals surface area contributed by atoms with E-state index in [1.165, 1.54) is 49.4 Å². The molecule has 0 saturated heterocycles. The molecule has 0 aliphatic rings.